The number of amides is 4. The van der Waals surface area contributed by atoms with E-state index in [1.54, 1.807) is 13.8 Å². The standard InChI is InChI=1S/C17H27N3O8/c1-3-14(21)27-9-12(28-15(22)4-2)6-19-17(24)20(7-13-10-26-13)16(23)18-5-11-8-25-11/h11-13H,3-10H2,1-2H3,(H,18,23)(H,19,24). The Morgan fingerprint density at radius 2 is 1.61 bits per heavy atom. The molecule has 2 rings (SSSR count). The van der Waals surface area contributed by atoms with Crippen molar-refractivity contribution in [2.24, 2.45) is 0 Å². The van der Waals surface area contributed by atoms with Gasteiger partial charge in [-0.15, -0.1) is 0 Å². The van der Waals surface area contributed by atoms with Crippen LogP contribution < -0.4 is 10.6 Å². The summed E-state index contributed by atoms with van der Waals surface area (Å²) in [6, 6.07) is -1.23. The van der Waals surface area contributed by atoms with Crippen LogP contribution in [0.1, 0.15) is 26.7 Å². The summed E-state index contributed by atoms with van der Waals surface area (Å²) in [4.78, 5) is 48.7. The van der Waals surface area contributed by atoms with E-state index in [2.05, 4.69) is 10.6 Å². The molecule has 2 aliphatic rings. The van der Waals surface area contributed by atoms with E-state index in [0.29, 0.717) is 19.8 Å². The molecule has 3 unspecified atom stereocenters. The monoisotopic (exact) mass is 401 g/mol. The topological polar surface area (TPSA) is 139 Å². The summed E-state index contributed by atoms with van der Waals surface area (Å²) in [6.45, 7) is 4.46. The fourth-order valence-electron chi connectivity index (χ4n) is 2.11. The Hall–Kier alpha value is -2.40. The normalized spacial score (nSPS) is 20.5. The van der Waals surface area contributed by atoms with Gasteiger partial charge in [0.15, 0.2) is 6.10 Å². The Kier molecular flexibility index (Phi) is 8.45. The molecule has 0 aromatic rings. The molecule has 2 N–H and O–H groups in total. The first kappa shape index (κ1) is 21.9. The first-order valence-electron chi connectivity index (χ1n) is 9.34. The molecule has 0 aromatic heterocycles. The van der Waals surface area contributed by atoms with Crippen LogP contribution in [0.3, 0.4) is 0 Å². The molecule has 2 fully saturated rings. The summed E-state index contributed by atoms with van der Waals surface area (Å²) in [5, 5.41) is 5.17. The predicted molar refractivity (Wildman–Crippen MR) is 94.4 cm³/mol. The second-order valence-corrected chi connectivity index (χ2v) is 6.40. The number of imide groups is 1. The highest BCUT2D eigenvalue weighted by Crippen LogP contribution is 2.12. The number of esters is 2. The zero-order chi connectivity index (χ0) is 20.5. The minimum Gasteiger partial charge on any atom is -0.462 e. The van der Waals surface area contributed by atoms with Crippen molar-refractivity contribution >= 4 is 24.0 Å². The lowest BCUT2D eigenvalue weighted by Gasteiger charge is -2.23. The fraction of sp³-hybridized carbons (Fsp3) is 0.765. The van der Waals surface area contributed by atoms with Gasteiger partial charge >= 0.3 is 24.0 Å². The molecule has 2 aliphatic heterocycles. The van der Waals surface area contributed by atoms with Crippen molar-refractivity contribution in [3.05, 3.63) is 0 Å². The molecule has 11 heteroatoms. The Morgan fingerprint density at radius 1 is 1.00 bits per heavy atom. The Labute approximate surface area is 163 Å². The van der Waals surface area contributed by atoms with Crippen LogP contribution in [-0.4, -0.2) is 86.7 Å². The van der Waals surface area contributed by atoms with Gasteiger partial charge in [0.2, 0.25) is 0 Å². The molecule has 11 nitrogen and oxygen atoms in total. The van der Waals surface area contributed by atoms with Gasteiger partial charge in [-0.25, -0.2) is 14.5 Å². The average Bonchev–Trinajstić information content (AvgIpc) is 3.60. The molecule has 0 spiro atoms. The predicted octanol–water partition coefficient (Wildman–Crippen LogP) is -0.220. The van der Waals surface area contributed by atoms with Crippen LogP contribution in [0.15, 0.2) is 0 Å². The molecule has 158 valence electrons. The summed E-state index contributed by atoms with van der Waals surface area (Å²) in [7, 11) is 0. The van der Waals surface area contributed by atoms with Crippen LogP contribution in [-0.2, 0) is 28.5 Å². The minimum absolute atomic E-state index is 0.0166. The lowest BCUT2D eigenvalue weighted by Crippen LogP contribution is -2.52. The van der Waals surface area contributed by atoms with Crippen LogP contribution in [0.5, 0.6) is 0 Å². The number of rotatable bonds is 11. The van der Waals surface area contributed by atoms with Gasteiger partial charge in [-0.3, -0.25) is 9.59 Å². The molecule has 0 radical (unpaired) electrons. The maximum atomic E-state index is 12.5. The minimum atomic E-state index is -0.853. The third-order valence-electron chi connectivity index (χ3n) is 3.95. The second-order valence-electron chi connectivity index (χ2n) is 6.40. The lowest BCUT2D eigenvalue weighted by atomic mass is 10.3. The molecule has 2 heterocycles. The van der Waals surface area contributed by atoms with Gasteiger partial charge in [0.25, 0.3) is 0 Å². The number of epoxide rings is 2. The van der Waals surface area contributed by atoms with Gasteiger partial charge in [-0.05, 0) is 0 Å². The van der Waals surface area contributed by atoms with E-state index in [9.17, 15) is 19.2 Å². The largest absolute Gasteiger partial charge is 0.462 e. The molecule has 0 aliphatic carbocycles. The number of carbonyl (C=O) groups excluding carboxylic acids is 4. The van der Waals surface area contributed by atoms with Gasteiger partial charge in [-0.1, -0.05) is 13.8 Å². The summed E-state index contributed by atoms with van der Waals surface area (Å²) in [6.07, 6.45) is -0.733. The van der Waals surface area contributed by atoms with Crippen LogP contribution in [0.25, 0.3) is 0 Å². The zero-order valence-corrected chi connectivity index (χ0v) is 16.1. The van der Waals surface area contributed by atoms with Crippen molar-refractivity contribution in [2.45, 2.75) is 45.0 Å². The third-order valence-corrected chi connectivity index (χ3v) is 3.95. The van der Waals surface area contributed by atoms with Crippen LogP contribution in [0.4, 0.5) is 9.59 Å². The number of hydrogen-bond acceptors (Lipinski definition) is 8. The highest BCUT2D eigenvalue weighted by atomic mass is 16.6. The van der Waals surface area contributed by atoms with Crippen LogP contribution in [0.2, 0.25) is 0 Å². The van der Waals surface area contributed by atoms with E-state index in [1.165, 1.54) is 0 Å². The van der Waals surface area contributed by atoms with Gasteiger partial charge in [-0.2, -0.15) is 0 Å². The van der Waals surface area contributed by atoms with E-state index in [-0.39, 0.29) is 44.7 Å². The third kappa shape index (κ3) is 8.09. The molecule has 2 saturated heterocycles. The number of hydrogen-bond donors (Lipinski definition) is 2. The quantitative estimate of drug-likeness (QED) is 0.358. The van der Waals surface area contributed by atoms with Gasteiger partial charge < -0.3 is 29.6 Å². The van der Waals surface area contributed by atoms with Crippen molar-refractivity contribution < 1.29 is 38.1 Å². The Bertz CT molecular complexity index is 577. The summed E-state index contributed by atoms with van der Waals surface area (Å²) < 4.78 is 20.3. The molecule has 3 atom stereocenters. The van der Waals surface area contributed by atoms with Crippen LogP contribution in [0, 0.1) is 0 Å². The molecule has 28 heavy (non-hydrogen) atoms. The first-order chi connectivity index (χ1) is 13.4. The fourth-order valence-corrected chi connectivity index (χ4v) is 2.11. The van der Waals surface area contributed by atoms with E-state index < -0.39 is 30.1 Å². The van der Waals surface area contributed by atoms with Crippen molar-refractivity contribution in [1.29, 1.82) is 0 Å². The maximum absolute atomic E-state index is 12.5. The Balaban J connectivity index is 1.86. The smallest absolute Gasteiger partial charge is 0.325 e. The van der Waals surface area contributed by atoms with Crippen molar-refractivity contribution in [3.63, 3.8) is 0 Å². The van der Waals surface area contributed by atoms with E-state index in [4.69, 9.17) is 18.9 Å². The summed E-state index contributed by atoms with van der Waals surface area (Å²) >= 11 is 0. The Morgan fingerprint density at radius 3 is 2.18 bits per heavy atom. The first-order valence-corrected chi connectivity index (χ1v) is 9.34. The average molecular weight is 401 g/mol. The molecule has 0 saturated carbocycles. The number of carbonyl (C=O) groups is 4. The highest BCUT2D eigenvalue weighted by Gasteiger charge is 2.33. The van der Waals surface area contributed by atoms with E-state index >= 15 is 0 Å². The number of nitrogens with zero attached hydrogens (tertiary/aromatic N) is 1. The van der Waals surface area contributed by atoms with Gasteiger partial charge in [0.05, 0.1) is 38.5 Å². The van der Waals surface area contributed by atoms with E-state index in [0.717, 1.165) is 4.90 Å². The number of nitrogens with one attached hydrogen (secondary N) is 2. The van der Waals surface area contributed by atoms with Crippen molar-refractivity contribution in [2.75, 3.05) is 39.5 Å². The van der Waals surface area contributed by atoms with Gasteiger partial charge in [0.1, 0.15) is 6.61 Å². The number of ether oxygens (including phenoxy) is 4. The SMILES string of the molecule is CCC(=O)OCC(CNC(=O)N(CC1CO1)C(=O)NCC1CO1)OC(=O)CC. The van der Waals surface area contributed by atoms with Crippen LogP contribution >= 0.6 is 0 Å². The van der Waals surface area contributed by atoms with Crippen molar-refractivity contribution in [1.82, 2.24) is 15.5 Å². The van der Waals surface area contributed by atoms with E-state index in [1.807, 2.05) is 0 Å². The molecular weight excluding hydrogens is 374 g/mol. The summed E-state index contributed by atoms with van der Waals surface area (Å²) in [5.74, 6) is -0.935. The summed E-state index contributed by atoms with van der Waals surface area (Å²) in [5.41, 5.74) is 0. The number of urea groups is 2. The maximum Gasteiger partial charge on any atom is 0.325 e. The highest BCUT2D eigenvalue weighted by molar-refractivity contribution is 5.93. The zero-order valence-electron chi connectivity index (χ0n) is 16.1. The second kappa shape index (κ2) is 10.8. The van der Waals surface area contributed by atoms with Gasteiger partial charge in [0, 0.05) is 19.4 Å². The molecule has 0 aromatic carbocycles. The van der Waals surface area contributed by atoms with Crippen molar-refractivity contribution in [3.8, 4) is 0 Å². The molecule has 0 bridgehead atoms. The molecular formula is C17H27N3O8. The molecule has 4 amide bonds. The lowest BCUT2D eigenvalue weighted by molar-refractivity contribution is -0.158.